The highest BCUT2D eigenvalue weighted by Gasteiger charge is 2.13. The van der Waals surface area contributed by atoms with E-state index < -0.39 is 0 Å². The van der Waals surface area contributed by atoms with E-state index in [0.717, 1.165) is 5.69 Å². The minimum atomic E-state index is -0.299. The van der Waals surface area contributed by atoms with Gasteiger partial charge in [-0.15, -0.1) is 0 Å². The molecule has 1 heterocycles. The van der Waals surface area contributed by atoms with Gasteiger partial charge in [0, 0.05) is 12.6 Å². The van der Waals surface area contributed by atoms with Crippen LogP contribution in [0.3, 0.4) is 0 Å². The number of carbonyl (C=O) groups excluding carboxylic acids is 1. The number of rotatable bonds is 2. The molecule has 1 amide bonds. The van der Waals surface area contributed by atoms with Crippen molar-refractivity contribution in [2.75, 3.05) is 11.9 Å². The Labute approximate surface area is 127 Å². The molecule has 0 aliphatic carbocycles. The summed E-state index contributed by atoms with van der Waals surface area (Å²) < 4.78 is 1.51. The minimum Gasteiger partial charge on any atom is -0.384 e. The van der Waals surface area contributed by atoms with E-state index in [2.05, 4.69) is 22.3 Å². The van der Waals surface area contributed by atoms with Crippen LogP contribution in [-0.4, -0.2) is 27.4 Å². The van der Waals surface area contributed by atoms with Gasteiger partial charge in [0.1, 0.15) is 12.3 Å². The largest absolute Gasteiger partial charge is 0.384 e. The van der Waals surface area contributed by atoms with Gasteiger partial charge in [0.05, 0.1) is 16.4 Å². The smallest absolute Gasteiger partial charge is 0.273 e. The van der Waals surface area contributed by atoms with E-state index >= 15 is 0 Å². The van der Waals surface area contributed by atoms with Crippen molar-refractivity contribution in [2.45, 2.75) is 6.92 Å². The van der Waals surface area contributed by atoms with Crippen LogP contribution in [0.1, 0.15) is 21.7 Å². The number of anilines is 1. The maximum Gasteiger partial charge on any atom is 0.273 e. The zero-order valence-corrected chi connectivity index (χ0v) is 12.4. The summed E-state index contributed by atoms with van der Waals surface area (Å²) in [6, 6.07) is 6.71. The number of benzene rings is 1. The molecule has 1 aromatic carbocycles. The number of aliphatic hydroxyl groups is 1. The first-order chi connectivity index (χ1) is 10.0. The lowest BCUT2D eigenvalue weighted by atomic mass is 10.2. The Morgan fingerprint density at radius 2 is 2.24 bits per heavy atom. The second-order valence-corrected chi connectivity index (χ2v) is 4.81. The number of nitrogens with one attached hydrogen (secondary N) is 1. The van der Waals surface area contributed by atoms with E-state index in [9.17, 15) is 4.79 Å². The maximum atomic E-state index is 12.2. The van der Waals surface area contributed by atoms with Crippen molar-refractivity contribution in [3.8, 4) is 11.8 Å². The molecule has 0 aliphatic heterocycles. The van der Waals surface area contributed by atoms with E-state index in [-0.39, 0.29) is 12.5 Å². The third-order valence-corrected chi connectivity index (χ3v) is 3.09. The van der Waals surface area contributed by atoms with Crippen LogP contribution in [0.4, 0.5) is 5.69 Å². The van der Waals surface area contributed by atoms with E-state index in [1.165, 1.54) is 4.68 Å². The molecule has 0 fully saturated rings. The number of aliphatic hydroxyl groups excluding tert-OH is 1. The number of amides is 1. The lowest BCUT2D eigenvalue weighted by molar-refractivity contribution is 0.101. The van der Waals surface area contributed by atoms with E-state index in [1.807, 2.05) is 6.92 Å². The van der Waals surface area contributed by atoms with E-state index in [1.54, 1.807) is 31.3 Å². The number of aromatic nitrogens is 2. The van der Waals surface area contributed by atoms with Crippen LogP contribution in [0, 0.1) is 18.8 Å². The fourth-order valence-electron chi connectivity index (χ4n) is 1.85. The molecule has 0 aliphatic rings. The molecule has 0 radical (unpaired) electrons. The molecule has 6 heteroatoms. The highest BCUT2D eigenvalue weighted by atomic mass is 35.5. The van der Waals surface area contributed by atoms with Gasteiger partial charge in [-0.3, -0.25) is 9.48 Å². The summed E-state index contributed by atoms with van der Waals surface area (Å²) >= 11 is 6.07. The van der Waals surface area contributed by atoms with Gasteiger partial charge in [0.25, 0.3) is 5.91 Å². The zero-order chi connectivity index (χ0) is 15.4. The predicted molar refractivity (Wildman–Crippen MR) is 81.3 cm³/mol. The Balaban J connectivity index is 2.26. The van der Waals surface area contributed by atoms with Gasteiger partial charge < -0.3 is 10.4 Å². The monoisotopic (exact) mass is 303 g/mol. The summed E-state index contributed by atoms with van der Waals surface area (Å²) in [6.45, 7) is 1.59. The first kappa shape index (κ1) is 15.1. The average Bonchev–Trinajstić information content (AvgIpc) is 2.78. The van der Waals surface area contributed by atoms with Crippen LogP contribution in [0.2, 0.25) is 5.02 Å². The topological polar surface area (TPSA) is 67.2 Å². The van der Waals surface area contributed by atoms with E-state index in [4.69, 9.17) is 16.7 Å². The molecular weight excluding hydrogens is 290 g/mol. The Morgan fingerprint density at radius 1 is 1.48 bits per heavy atom. The molecule has 0 saturated heterocycles. The molecule has 2 aromatic rings. The Morgan fingerprint density at radius 3 is 2.86 bits per heavy atom. The first-order valence-corrected chi connectivity index (χ1v) is 6.60. The van der Waals surface area contributed by atoms with Crippen molar-refractivity contribution < 1.29 is 9.90 Å². The molecule has 0 unspecified atom stereocenters. The van der Waals surface area contributed by atoms with E-state index in [0.29, 0.717) is 22.0 Å². The van der Waals surface area contributed by atoms with Crippen LogP contribution in [0.5, 0.6) is 0 Å². The summed E-state index contributed by atoms with van der Waals surface area (Å²) in [5.41, 5.74) is 2.32. The molecule has 0 spiro atoms. The normalized spacial score (nSPS) is 9.90. The van der Waals surface area contributed by atoms with Crippen molar-refractivity contribution in [1.29, 1.82) is 0 Å². The molecule has 108 valence electrons. The quantitative estimate of drug-likeness (QED) is 0.834. The summed E-state index contributed by atoms with van der Waals surface area (Å²) in [5, 5.41) is 16.0. The van der Waals surface area contributed by atoms with Crippen LogP contribution in [-0.2, 0) is 7.05 Å². The van der Waals surface area contributed by atoms with Crippen molar-refractivity contribution in [3.63, 3.8) is 0 Å². The van der Waals surface area contributed by atoms with Crippen molar-refractivity contribution in [3.05, 3.63) is 46.2 Å². The van der Waals surface area contributed by atoms with Gasteiger partial charge in [-0.2, -0.15) is 5.10 Å². The van der Waals surface area contributed by atoms with Crippen molar-refractivity contribution in [1.82, 2.24) is 9.78 Å². The highest BCUT2D eigenvalue weighted by molar-refractivity contribution is 6.34. The fraction of sp³-hybridized carbons (Fsp3) is 0.200. The molecule has 2 N–H and O–H groups in total. The summed E-state index contributed by atoms with van der Waals surface area (Å²) in [6.07, 6.45) is 0. The summed E-state index contributed by atoms with van der Waals surface area (Å²) in [4.78, 5) is 12.2. The van der Waals surface area contributed by atoms with Crippen LogP contribution in [0.15, 0.2) is 24.3 Å². The second kappa shape index (κ2) is 6.44. The standard InChI is InChI=1S/C15H14ClN3O2/c1-10-8-14(19(2)18-10)15(21)17-13-9-11(4-3-7-20)5-6-12(13)16/h5-6,8-9,20H,7H2,1-2H3,(H,17,21). The van der Waals surface area contributed by atoms with Gasteiger partial charge >= 0.3 is 0 Å². The zero-order valence-electron chi connectivity index (χ0n) is 11.6. The van der Waals surface area contributed by atoms with Gasteiger partial charge in [-0.25, -0.2) is 0 Å². The number of nitrogens with zero attached hydrogens (tertiary/aromatic N) is 2. The second-order valence-electron chi connectivity index (χ2n) is 4.40. The average molecular weight is 304 g/mol. The Bertz CT molecular complexity index is 741. The number of halogens is 1. The van der Waals surface area contributed by atoms with Crippen LogP contribution < -0.4 is 5.32 Å². The lowest BCUT2D eigenvalue weighted by Gasteiger charge is -2.07. The first-order valence-electron chi connectivity index (χ1n) is 6.22. The third-order valence-electron chi connectivity index (χ3n) is 2.76. The number of aryl methyl sites for hydroxylation is 2. The van der Waals surface area contributed by atoms with Gasteiger partial charge in [-0.1, -0.05) is 23.4 Å². The molecule has 0 saturated carbocycles. The summed E-state index contributed by atoms with van der Waals surface area (Å²) in [7, 11) is 1.70. The molecule has 5 nitrogen and oxygen atoms in total. The fourth-order valence-corrected chi connectivity index (χ4v) is 2.01. The summed E-state index contributed by atoms with van der Waals surface area (Å²) in [5.74, 6) is 5.01. The maximum absolute atomic E-state index is 12.2. The van der Waals surface area contributed by atoms with Crippen molar-refractivity contribution in [2.24, 2.45) is 7.05 Å². The number of hydrogen-bond acceptors (Lipinski definition) is 3. The molecular formula is C15H14ClN3O2. The number of hydrogen-bond donors (Lipinski definition) is 2. The third kappa shape index (κ3) is 3.63. The van der Waals surface area contributed by atoms with Gasteiger partial charge in [0.15, 0.2) is 0 Å². The van der Waals surface area contributed by atoms with Crippen LogP contribution in [0.25, 0.3) is 0 Å². The van der Waals surface area contributed by atoms with Gasteiger partial charge in [0.2, 0.25) is 0 Å². The Hall–Kier alpha value is -2.29. The lowest BCUT2D eigenvalue weighted by Crippen LogP contribution is -2.16. The molecule has 2 rings (SSSR count). The van der Waals surface area contributed by atoms with Crippen molar-refractivity contribution >= 4 is 23.2 Å². The molecule has 21 heavy (non-hydrogen) atoms. The minimum absolute atomic E-state index is 0.224. The van der Waals surface area contributed by atoms with Crippen LogP contribution >= 0.6 is 11.6 Å². The Kier molecular flexibility index (Phi) is 4.63. The van der Waals surface area contributed by atoms with Gasteiger partial charge in [-0.05, 0) is 31.2 Å². The predicted octanol–water partition coefficient (Wildman–Crippen LogP) is 1.98. The SMILES string of the molecule is Cc1cc(C(=O)Nc2cc(C#CCO)ccc2Cl)n(C)n1. The molecule has 0 bridgehead atoms. The number of carbonyl (C=O) groups is 1. The molecule has 0 atom stereocenters. The highest BCUT2D eigenvalue weighted by Crippen LogP contribution is 2.23. The molecule has 1 aromatic heterocycles.